The highest BCUT2D eigenvalue weighted by atomic mass is 32.2. The van der Waals surface area contributed by atoms with Crippen molar-refractivity contribution in [2.24, 2.45) is 0 Å². The van der Waals surface area contributed by atoms with E-state index in [4.69, 9.17) is 0 Å². The van der Waals surface area contributed by atoms with Crippen LogP contribution in [0.4, 0.5) is 14.5 Å². The molecule has 1 fully saturated rings. The quantitative estimate of drug-likeness (QED) is 0.471. The molecule has 0 N–H and O–H groups in total. The average Bonchev–Trinajstić information content (AvgIpc) is 2.83. The SMILES string of the molecule is CCCCc1c(N2CCN(S(=O)(=O)Cc3ccccc3)CC2)cnn(-c2cc(F)cc(F)c2)c1=O. The van der Waals surface area contributed by atoms with Gasteiger partial charge in [-0.2, -0.15) is 14.1 Å². The molecule has 0 amide bonds. The van der Waals surface area contributed by atoms with Crippen molar-refractivity contribution in [1.82, 2.24) is 14.1 Å². The molecule has 7 nitrogen and oxygen atoms in total. The van der Waals surface area contributed by atoms with Crippen molar-refractivity contribution < 1.29 is 17.2 Å². The third kappa shape index (κ3) is 5.76. The van der Waals surface area contributed by atoms with Gasteiger partial charge in [-0.05, 0) is 30.5 Å². The highest BCUT2D eigenvalue weighted by Crippen LogP contribution is 2.23. The van der Waals surface area contributed by atoms with Crippen LogP contribution in [0.3, 0.4) is 0 Å². The summed E-state index contributed by atoms with van der Waals surface area (Å²) in [6, 6.07) is 11.9. The van der Waals surface area contributed by atoms with Crippen LogP contribution in [0.5, 0.6) is 0 Å². The van der Waals surface area contributed by atoms with E-state index in [0.29, 0.717) is 43.9 Å². The lowest BCUT2D eigenvalue weighted by atomic mass is 10.1. The van der Waals surface area contributed by atoms with Gasteiger partial charge in [-0.25, -0.2) is 17.2 Å². The summed E-state index contributed by atoms with van der Waals surface area (Å²) in [6.45, 7) is 3.42. The van der Waals surface area contributed by atoms with Gasteiger partial charge >= 0.3 is 0 Å². The zero-order chi connectivity index (χ0) is 25.0. The Labute approximate surface area is 203 Å². The number of hydrogen-bond donors (Lipinski definition) is 0. The van der Waals surface area contributed by atoms with Gasteiger partial charge in [-0.1, -0.05) is 43.7 Å². The molecule has 1 aromatic heterocycles. The lowest BCUT2D eigenvalue weighted by Gasteiger charge is -2.36. The van der Waals surface area contributed by atoms with Gasteiger partial charge in [0, 0.05) is 37.8 Å². The summed E-state index contributed by atoms with van der Waals surface area (Å²) >= 11 is 0. The van der Waals surface area contributed by atoms with Crippen LogP contribution in [0.15, 0.2) is 59.5 Å². The predicted molar refractivity (Wildman–Crippen MR) is 131 cm³/mol. The monoisotopic (exact) mass is 502 g/mol. The Hall–Kier alpha value is -3.11. The summed E-state index contributed by atoms with van der Waals surface area (Å²) in [5.41, 5.74) is 1.47. The fourth-order valence-corrected chi connectivity index (χ4v) is 5.79. The van der Waals surface area contributed by atoms with Crippen LogP contribution in [0.2, 0.25) is 0 Å². The first-order valence-corrected chi connectivity index (χ1v) is 13.2. The maximum absolute atomic E-state index is 13.7. The second-order valence-corrected chi connectivity index (χ2v) is 10.6. The first-order chi connectivity index (χ1) is 16.8. The van der Waals surface area contributed by atoms with Crippen LogP contribution in [0, 0.1) is 11.6 Å². The molecule has 0 aliphatic carbocycles. The zero-order valence-corrected chi connectivity index (χ0v) is 20.3. The van der Waals surface area contributed by atoms with Gasteiger partial charge < -0.3 is 4.90 Å². The van der Waals surface area contributed by atoms with Crippen molar-refractivity contribution in [1.29, 1.82) is 0 Å². The number of benzene rings is 2. The maximum atomic E-state index is 13.7. The maximum Gasteiger partial charge on any atom is 0.276 e. The number of halogens is 2. The molecule has 2 aromatic carbocycles. The smallest absolute Gasteiger partial charge is 0.276 e. The molecule has 1 aliphatic heterocycles. The largest absolute Gasteiger partial charge is 0.367 e. The molecular weight excluding hydrogens is 474 g/mol. The molecule has 0 saturated carbocycles. The Kier molecular flexibility index (Phi) is 7.61. The summed E-state index contributed by atoms with van der Waals surface area (Å²) in [5, 5.41) is 4.20. The molecule has 186 valence electrons. The van der Waals surface area contributed by atoms with Crippen LogP contribution in [-0.2, 0) is 22.2 Å². The van der Waals surface area contributed by atoms with Crippen LogP contribution in [0.25, 0.3) is 5.69 Å². The van der Waals surface area contributed by atoms with Crippen molar-refractivity contribution in [2.75, 3.05) is 31.1 Å². The minimum absolute atomic E-state index is 0.0219. The van der Waals surface area contributed by atoms with Gasteiger partial charge in [0.1, 0.15) is 11.6 Å². The van der Waals surface area contributed by atoms with Crippen LogP contribution >= 0.6 is 0 Å². The highest BCUT2D eigenvalue weighted by molar-refractivity contribution is 7.88. The fourth-order valence-electron chi connectivity index (χ4n) is 4.27. The van der Waals surface area contributed by atoms with E-state index >= 15 is 0 Å². The zero-order valence-electron chi connectivity index (χ0n) is 19.5. The van der Waals surface area contributed by atoms with E-state index in [1.165, 1.54) is 10.5 Å². The Morgan fingerprint density at radius 1 is 0.971 bits per heavy atom. The molecule has 1 aliphatic rings. The van der Waals surface area contributed by atoms with E-state index in [1.54, 1.807) is 12.1 Å². The summed E-state index contributed by atoms with van der Waals surface area (Å²) in [4.78, 5) is 15.3. The van der Waals surface area contributed by atoms with E-state index in [0.717, 1.165) is 41.3 Å². The topological polar surface area (TPSA) is 75.5 Å². The third-order valence-electron chi connectivity index (χ3n) is 6.09. The first-order valence-electron chi connectivity index (χ1n) is 11.6. The van der Waals surface area contributed by atoms with E-state index < -0.39 is 27.2 Å². The Morgan fingerprint density at radius 2 is 1.63 bits per heavy atom. The van der Waals surface area contributed by atoms with Gasteiger partial charge in [0.25, 0.3) is 5.56 Å². The third-order valence-corrected chi connectivity index (χ3v) is 7.94. The number of hydrogen-bond acceptors (Lipinski definition) is 5. The number of rotatable bonds is 8. The minimum Gasteiger partial charge on any atom is -0.367 e. The molecule has 10 heteroatoms. The van der Waals surface area contributed by atoms with Crippen molar-refractivity contribution >= 4 is 15.7 Å². The molecule has 0 spiro atoms. The van der Waals surface area contributed by atoms with Crippen molar-refractivity contribution in [3.05, 3.63) is 87.8 Å². The van der Waals surface area contributed by atoms with Gasteiger partial charge in [0.2, 0.25) is 10.0 Å². The molecule has 0 unspecified atom stereocenters. The molecule has 0 bridgehead atoms. The second kappa shape index (κ2) is 10.7. The molecule has 3 aromatic rings. The van der Waals surface area contributed by atoms with Gasteiger partial charge in [-0.3, -0.25) is 4.79 Å². The minimum atomic E-state index is -3.47. The number of piperazine rings is 1. The lowest BCUT2D eigenvalue weighted by molar-refractivity contribution is 0.383. The Bertz CT molecular complexity index is 1320. The molecule has 35 heavy (non-hydrogen) atoms. The van der Waals surface area contributed by atoms with Gasteiger partial charge in [-0.15, -0.1) is 0 Å². The summed E-state index contributed by atoms with van der Waals surface area (Å²) < 4.78 is 55.8. The van der Waals surface area contributed by atoms with E-state index in [1.807, 2.05) is 30.0 Å². The standard InChI is InChI=1S/C25H28F2N4O3S/c1-2-3-9-23-24(17-28-31(25(23)32)22-15-20(26)14-21(27)16-22)29-10-12-30(13-11-29)35(33,34)18-19-7-5-4-6-8-19/h4-8,14-17H,2-3,9-13,18H2,1H3. The molecule has 4 rings (SSSR count). The van der Waals surface area contributed by atoms with Crippen LogP contribution in [-0.4, -0.2) is 48.7 Å². The first kappa shape index (κ1) is 25.0. The Balaban J connectivity index is 1.57. The van der Waals surface area contributed by atoms with E-state index in [-0.39, 0.29) is 11.4 Å². The molecule has 0 atom stereocenters. The molecular formula is C25H28F2N4O3S. The molecule has 2 heterocycles. The van der Waals surface area contributed by atoms with Crippen molar-refractivity contribution in [3.8, 4) is 5.69 Å². The summed E-state index contributed by atoms with van der Waals surface area (Å²) in [7, 11) is -3.47. The second-order valence-electron chi connectivity index (χ2n) is 8.58. The predicted octanol–water partition coefficient (Wildman–Crippen LogP) is 3.51. The normalized spacial score (nSPS) is 14.9. The summed E-state index contributed by atoms with van der Waals surface area (Å²) in [6.07, 6.45) is 3.64. The number of aromatic nitrogens is 2. The van der Waals surface area contributed by atoms with Crippen LogP contribution < -0.4 is 10.5 Å². The van der Waals surface area contributed by atoms with Gasteiger partial charge in [0.15, 0.2) is 0 Å². The Morgan fingerprint density at radius 3 is 2.26 bits per heavy atom. The number of nitrogens with zero attached hydrogens (tertiary/aromatic N) is 4. The number of anilines is 1. The fraction of sp³-hybridized carbons (Fsp3) is 0.360. The molecule has 0 radical (unpaired) electrons. The average molecular weight is 503 g/mol. The van der Waals surface area contributed by atoms with Gasteiger partial charge in [0.05, 0.1) is 23.3 Å². The molecule has 1 saturated heterocycles. The number of sulfonamides is 1. The van der Waals surface area contributed by atoms with E-state index in [2.05, 4.69) is 5.10 Å². The summed E-state index contributed by atoms with van der Waals surface area (Å²) in [5.74, 6) is -1.64. The van der Waals surface area contributed by atoms with Crippen molar-refractivity contribution in [2.45, 2.75) is 31.9 Å². The van der Waals surface area contributed by atoms with E-state index in [9.17, 15) is 22.0 Å². The number of unbranched alkanes of at least 4 members (excludes halogenated alkanes) is 1. The van der Waals surface area contributed by atoms with Crippen molar-refractivity contribution in [3.63, 3.8) is 0 Å². The lowest BCUT2D eigenvalue weighted by Crippen LogP contribution is -2.49. The highest BCUT2D eigenvalue weighted by Gasteiger charge is 2.29. The van der Waals surface area contributed by atoms with Crippen LogP contribution in [0.1, 0.15) is 30.9 Å².